The number of nitrogens with zero attached hydrogens (tertiary/aromatic N) is 3. The molecule has 5 heteroatoms. The van der Waals surface area contributed by atoms with Crippen LogP contribution in [0.15, 0.2) is 6.07 Å². The average molecular weight is 264 g/mol. The molecule has 1 unspecified atom stereocenters. The third kappa shape index (κ3) is 3.80. The van der Waals surface area contributed by atoms with Gasteiger partial charge in [-0.2, -0.15) is 0 Å². The van der Waals surface area contributed by atoms with Gasteiger partial charge in [0.1, 0.15) is 17.5 Å². The molecular weight excluding hydrogens is 240 g/mol. The number of aryl methyl sites for hydroxylation is 1. The van der Waals surface area contributed by atoms with E-state index in [0.717, 1.165) is 49.9 Å². The van der Waals surface area contributed by atoms with Crippen molar-refractivity contribution in [2.75, 3.05) is 37.5 Å². The topological polar surface area (TPSA) is 50.3 Å². The minimum atomic E-state index is 0.340. The van der Waals surface area contributed by atoms with Crippen molar-refractivity contribution >= 4 is 11.6 Å². The van der Waals surface area contributed by atoms with E-state index in [4.69, 9.17) is 4.74 Å². The number of rotatable bonds is 6. The molecule has 0 saturated carbocycles. The van der Waals surface area contributed by atoms with Gasteiger partial charge in [0.2, 0.25) is 0 Å². The first-order chi connectivity index (χ1) is 9.22. The second-order valence-corrected chi connectivity index (χ2v) is 5.04. The Balaban J connectivity index is 2.09. The lowest BCUT2D eigenvalue weighted by molar-refractivity contribution is 0.116. The molecule has 1 aromatic rings. The fraction of sp³-hybridized carbons (Fsp3) is 0.714. The number of anilines is 2. The minimum absolute atomic E-state index is 0.340. The molecule has 2 rings (SSSR count). The first-order valence-electron chi connectivity index (χ1n) is 7.11. The van der Waals surface area contributed by atoms with Crippen molar-refractivity contribution in [2.24, 2.45) is 0 Å². The first kappa shape index (κ1) is 14.1. The van der Waals surface area contributed by atoms with E-state index >= 15 is 0 Å². The highest BCUT2D eigenvalue weighted by atomic mass is 16.5. The van der Waals surface area contributed by atoms with Crippen LogP contribution in [0.4, 0.5) is 11.6 Å². The molecule has 1 fully saturated rings. The molecule has 1 saturated heterocycles. The summed E-state index contributed by atoms with van der Waals surface area (Å²) in [5.41, 5.74) is 0. The van der Waals surface area contributed by atoms with Gasteiger partial charge < -0.3 is 15.0 Å². The van der Waals surface area contributed by atoms with E-state index in [9.17, 15) is 0 Å². The molecule has 2 heterocycles. The van der Waals surface area contributed by atoms with Gasteiger partial charge in [0.05, 0.1) is 6.10 Å². The van der Waals surface area contributed by atoms with Crippen molar-refractivity contribution < 1.29 is 4.74 Å². The van der Waals surface area contributed by atoms with Crippen LogP contribution >= 0.6 is 0 Å². The maximum atomic E-state index is 5.68. The van der Waals surface area contributed by atoms with Crippen LogP contribution in [0.5, 0.6) is 0 Å². The SMILES string of the molecule is CCCc1nc(NC)cc(N(C)CC2CCCO2)n1. The normalized spacial score (nSPS) is 18.6. The molecular formula is C14H24N4O. The number of hydrogen-bond acceptors (Lipinski definition) is 5. The van der Waals surface area contributed by atoms with E-state index in [1.54, 1.807) is 0 Å². The standard InChI is InChI=1S/C14H24N4O/c1-4-6-12-16-13(15-2)9-14(17-12)18(3)10-11-7-5-8-19-11/h9,11H,4-8,10H2,1-3H3,(H,15,16,17). The number of nitrogens with one attached hydrogen (secondary N) is 1. The van der Waals surface area contributed by atoms with Crippen LogP contribution in [0.25, 0.3) is 0 Å². The van der Waals surface area contributed by atoms with Crippen molar-refractivity contribution in [3.8, 4) is 0 Å². The summed E-state index contributed by atoms with van der Waals surface area (Å²) in [5, 5.41) is 3.11. The predicted octanol–water partition coefficient (Wildman–Crippen LogP) is 2.09. The molecule has 19 heavy (non-hydrogen) atoms. The summed E-state index contributed by atoms with van der Waals surface area (Å²) in [4.78, 5) is 11.3. The second kappa shape index (κ2) is 6.70. The Kier molecular flexibility index (Phi) is 4.96. The Hall–Kier alpha value is -1.36. The van der Waals surface area contributed by atoms with E-state index < -0.39 is 0 Å². The largest absolute Gasteiger partial charge is 0.376 e. The molecule has 0 aromatic carbocycles. The molecule has 0 amide bonds. The lowest BCUT2D eigenvalue weighted by atomic mass is 10.2. The number of ether oxygens (including phenoxy) is 1. The Morgan fingerprint density at radius 2 is 2.32 bits per heavy atom. The molecule has 5 nitrogen and oxygen atoms in total. The molecule has 0 spiro atoms. The zero-order valence-corrected chi connectivity index (χ0v) is 12.1. The zero-order valence-electron chi connectivity index (χ0n) is 12.1. The lowest BCUT2D eigenvalue weighted by Crippen LogP contribution is -2.29. The fourth-order valence-corrected chi connectivity index (χ4v) is 2.33. The highest BCUT2D eigenvalue weighted by Crippen LogP contribution is 2.19. The van der Waals surface area contributed by atoms with Gasteiger partial charge in [0, 0.05) is 39.7 Å². The average Bonchev–Trinajstić information content (AvgIpc) is 2.91. The summed E-state index contributed by atoms with van der Waals surface area (Å²) < 4.78 is 5.68. The van der Waals surface area contributed by atoms with Crippen molar-refractivity contribution in [1.29, 1.82) is 0 Å². The molecule has 1 atom stereocenters. The van der Waals surface area contributed by atoms with Crippen LogP contribution in [-0.4, -0.2) is 43.3 Å². The highest BCUT2D eigenvalue weighted by Gasteiger charge is 2.18. The van der Waals surface area contributed by atoms with E-state index in [1.807, 2.05) is 13.1 Å². The second-order valence-electron chi connectivity index (χ2n) is 5.04. The van der Waals surface area contributed by atoms with Gasteiger partial charge in [-0.15, -0.1) is 0 Å². The fourth-order valence-electron chi connectivity index (χ4n) is 2.33. The Morgan fingerprint density at radius 1 is 1.47 bits per heavy atom. The molecule has 1 aliphatic heterocycles. The summed E-state index contributed by atoms with van der Waals surface area (Å²) >= 11 is 0. The maximum Gasteiger partial charge on any atom is 0.134 e. The first-order valence-corrected chi connectivity index (χ1v) is 7.11. The Morgan fingerprint density at radius 3 is 2.95 bits per heavy atom. The summed E-state index contributed by atoms with van der Waals surface area (Å²) in [6.07, 6.45) is 4.63. The van der Waals surface area contributed by atoms with Gasteiger partial charge in [-0.1, -0.05) is 6.92 Å². The molecule has 1 aliphatic rings. The van der Waals surface area contributed by atoms with Crippen LogP contribution in [-0.2, 0) is 11.2 Å². The van der Waals surface area contributed by atoms with E-state index in [1.165, 1.54) is 6.42 Å². The predicted molar refractivity (Wildman–Crippen MR) is 77.8 cm³/mol. The van der Waals surface area contributed by atoms with E-state index in [2.05, 4.69) is 34.2 Å². The van der Waals surface area contributed by atoms with Gasteiger partial charge >= 0.3 is 0 Å². The number of hydrogen-bond donors (Lipinski definition) is 1. The maximum absolute atomic E-state index is 5.68. The smallest absolute Gasteiger partial charge is 0.134 e. The van der Waals surface area contributed by atoms with Crippen LogP contribution < -0.4 is 10.2 Å². The number of aromatic nitrogens is 2. The van der Waals surface area contributed by atoms with Gasteiger partial charge in [0.15, 0.2) is 0 Å². The molecule has 0 radical (unpaired) electrons. The molecule has 0 aliphatic carbocycles. The summed E-state index contributed by atoms with van der Waals surface area (Å²) in [6.45, 7) is 3.93. The van der Waals surface area contributed by atoms with Crippen molar-refractivity contribution in [3.63, 3.8) is 0 Å². The third-order valence-electron chi connectivity index (χ3n) is 3.38. The highest BCUT2D eigenvalue weighted by molar-refractivity contribution is 5.48. The van der Waals surface area contributed by atoms with Gasteiger partial charge in [-0.05, 0) is 19.3 Å². The molecule has 1 aromatic heterocycles. The van der Waals surface area contributed by atoms with Crippen molar-refractivity contribution in [3.05, 3.63) is 11.9 Å². The van der Waals surface area contributed by atoms with Crippen LogP contribution in [0, 0.1) is 0 Å². The zero-order chi connectivity index (χ0) is 13.7. The quantitative estimate of drug-likeness (QED) is 0.852. The Bertz CT molecular complexity index is 404. The van der Waals surface area contributed by atoms with Crippen molar-refractivity contribution in [2.45, 2.75) is 38.7 Å². The third-order valence-corrected chi connectivity index (χ3v) is 3.38. The summed E-state index contributed by atoms with van der Waals surface area (Å²) in [6, 6.07) is 1.99. The van der Waals surface area contributed by atoms with Crippen molar-refractivity contribution in [1.82, 2.24) is 9.97 Å². The monoisotopic (exact) mass is 264 g/mol. The molecule has 106 valence electrons. The molecule has 0 bridgehead atoms. The Labute approximate surface area is 115 Å². The van der Waals surface area contributed by atoms with E-state index in [0.29, 0.717) is 6.10 Å². The van der Waals surface area contributed by atoms with Crippen LogP contribution in [0.3, 0.4) is 0 Å². The summed E-state index contributed by atoms with van der Waals surface area (Å²) in [7, 11) is 3.96. The summed E-state index contributed by atoms with van der Waals surface area (Å²) in [5.74, 6) is 2.76. The number of likely N-dealkylation sites (N-methyl/N-ethyl adjacent to an activating group) is 1. The van der Waals surface area contributed by atoms with Gasteiger partial charge in [0.25, 0.3) is 0 Å². The van der Waals surface area contributed by atoms with Crippen LogP contribution in [0.2, 0.25) is 0 Å². The lowest BCUT2D eigenvalue weighted by Gasteiger charge is -2.22. The van der Waals surface area contributed by atoms with Gasteiger partial charge in [-0.25, -0.2) is 9.97 Å². The van der Waals surface area contributed by atoms with Gasteiger partial charge in [-0.3, -0.25) is 0 Å². The minimum Gasteiger partial charge on any atom is -0.376 e. The van der Waals surface area contributed by atoms with E-state index in [-0.39, 0.29) is 0 Å². The molecule has 1 N–H and O–H groups in total. The van der Waals surface area contributed by atoms with Crippen LogP contribution in [0.1, 0.15) is 32.0 Å².